The SMILES string of the molecule is O=C(CCc1cccnc1)NCc1ccccc1Cn1cccn1. The Labute approximate surface area is 141 Å². The maximum atomic E-state index is 12.1. The number of benzene rings is 1. The maximum absolute atomic E-state index is 12.1. The molecular formula is C19H20N4O. The van der Waals surface area contributed by atoms with Crippen LogP contribution in [0.2, 0.25) is 0 Å². The van der Waals surface area contributed by atoms with Crippen molar-refractivity contribution in [3.8, 4) is 0 Å². The summed E-state index contributed by atoms with van der Waals surface area (Å²) >= 11 is 0. The monoisotopic (exact) mass is 320 g/mol. The predicted molar refractivity (Wildman–Crippen MR) is 92.2 cm³/mol. The molecule has 0 unspecified atom stereocenters. The topological polar surface area (TPSA) is 59.8 Å². The Kier molecular flexibility index (Phi) is 5.35. The van der Waals surface area contributed by atoms with Crippen molar-refractivity contribution < 1.29 is 4.79 Å². The molecule has 5 heteroatoms. The lowest BCUT2D eigenvalue weighted by molar-refractivity contribution is -0.121. The number of rotatable bonds is 7. The minimum absolute atomic E-state index is 0.0488. The second kappa shape index (κ2) is 8.06. The predicted octanol–water partition coefficient (Wildman–Crippen LogP) is 2.58. The van der Waals surface area contributed by atoms with Crippen LogP contribution in [0.1, 0.15) is 23.1 Å². The zero-order valence-electron chi connectivity index (χ0n) is 13.4. The average Bonchev–Trinajstić information content (AvgIpc) is 3.13. The Morgan fingerprint density at radius 3 is 2.67 bits per heavy atom. The van der Waals surface area contributed by atoms with Gasteiger partial charge >= 0.3 is 0 Å². The molecule has 0 aliphatic heterocycles. The van der Waals surface area contributed by atoms with Crippen LogP contribution in [-0.2, 0) is 24.3 Å². The Morgan fingerprint density at radius 2 is 1.92 bits per heavy atom. The number of aryl methyl sites for hydroxylation is 1. The summed E-state index contributed by atoms with van der Waals surface area (Å²) in [5, 5.41) is 7.23. The fraction of sp³-hybridized carbons (Fsp3) is 0.211. The van der Waals surface area contributed by atoms with E-state index in [1.54, 1.807) is 18.6 Å². The summed E-state index contributed by atoms with van der Waals surface area (Å²) in [5.41, 5.74) is 3.35. The van der Waals surface area contributed by atoms with E-state index in [1.807, 2.05) is 47.3 Å². The highest BCUT2D eigenvalue weighted by Gasteiger charge is 2.06. The lowest BCUT2D eigenvalue weighted by Gasteiger charge is -2.11. The molecule has 0 bridgehead atoms. The molecule has 0 aliphatic carbocycles. The first-order valence-corrected chi connectivity index (χ1v) is 8.01. The van der Waals surface area contributed by atoms with Crippen molar-refractivity contribution >= 4 is 5.91 Å². The normalized spacial score (nSPS) is 10.5. The highest BCUT2D eigenvalue weighted by Crippen LogP contribution is 2.10. The number of hydrogen-bond acceptors (Lipinski definition) is 3. The average molecular weight is 320 g/mol. The minimum atomic E-state index is 0.0488. The van der Waals surface area contributed by atoms with Crippen molar-refractivity contribution in [2.75, 3.05) is 0 Å². The smallest absolute Gasteiger partial charge is 0.220 e. The van der Waals surface area contributed by atoms with Crippen LogP contribution in [0.3, 0.4) is 0 Å². The molecule has 0 aliphatic rings. The van der Waals surface area contributed by atoms with E-state index < -0.39 is 0 Å². The number of nitrogens with one attached hydrogen (secondary N) is 1. The third kappa shape index (κ3) is 4.52. The Hall–Kier alpha value is -2.95. The lowest BCUT2D eigenvalue weighted by atomic mass is 10.1. The van der Waals surface area contributed by atoms with E-state index in [-0.39, 0.29) is 5.91 Å². The van der Waals surface area contributed by atoms with Crippen molar-refractivity contribution in [3.05, 3.63) is 83.9 Å². The van der Waals surface area contributed by atoms with E-state index >= 15 is 0 Å². The molecule has 0 radical (unpaired) electrons. The van der Waals surface area contributed by atoms with Gasteiger partial charge in [0, 0.05) is 37.8 Å². The van der Waals surface area contributed by atoms with Crippen molar-refractivity contribution in [3.63, 3.8) is 0 Å². The van der Waals surface area contributed by atoms with E-state index in [9.17, 15) is 4.79 Å². The molecule has 1 amide bonds. The summed E-state index contributed by atoms with van der Waals surface area (Å²) in [5.74, 6) is 0.0488. The number of aromatic nitrogens is 3. The van der Waals surface area contributed by atoms with Gasteiger partial charge in [0.1, 0.15) is 0 Å². The lowest BCUT2D eigenvalue weighted by Crippen LogP contribution is -2.23. The number of amides is 1. The van der Waals surface area contributed by atoms with E-state index in [4.69, 9.17) is 0 Å². The Bertz CT molecular complexity index is 769. The molecule has 3 aromatic rings. The van der Waals surface area contributed by atoms with Crippen LogP contribution in [0.4, 0.5) is 0 Å². The maximum Gasteiger partial charge on any atom is 0.220 e. The van der Waals surface area contributed by atoms with E-state index in [0.717, 1.165) is 16.7 Å². The summed E-state index contributed by atoms with van der Waals surface area (Å²) in [6.45, 7) is 1.23. The highest BCUT2D eigenvalue weighted by molar-refractivity contribution is 5.76. The third-order valence-corrected chi connectivity index (χ3v) is 3.85. The molecule has 0 atom stereocenters. The van der Waals surface area contributed by atoms with Crippen LogP contribution >= 0.6 is 0 Å². The van der Waals surface area contributed by atoms with E-state index in [2.05, 4.69) is 21.5 Å². The van der Waals surface area contributed by atoms with Crippen LogP contribution in [0.15, 0.2) is 67.3 Å². The number of pyridine rings is 1. The first-order chi connectivity index (χ1) is 11.8. The number of carbonyl (C=O) groups is 1. The number of carbonyl (C=O) groups excluding carboxylic acids is 1. The molecule has 1 aromatic carbocycles. The highest BCUT2D eigenvalue weighted by atomic mass is 16.1. The molecule has 2 aromatic heterocycles. The van der Waals surface area contributed by atoms with Crippen LogP contribution < -0.4 is 5.32 Å². The molecule has 122 valence electrons. The number of nitrogens with zero attached hydrogens (tertiary/aromatic N) is 3. The summed E-state index contributed by atoms with van der Waals surface area (Å²) in [6, 6.07) is 13.9. The van der Waals surface area contributed by atoms with Crippen LogP contribution in [0.25, 0.3) is 0 Å². The molecule has 0 fully saturated rings. The molecule has 0 saturated heterocycles. The summed E-state index contributed by atoms with van der Waals surface area (Å²) in [7, 11) is 0. The molecule has 0 saturated carbocycles. The molecule has 24 heavy (non-hydrogen) atoms. The van der Waals surface area contributed by atoms with Gasteiger partial charge in [0.25, 0.3) is 0 Å². The fourth-order valence-electron chi connectivity index (χ4n) is 2.54. The van der Waals surface area contributed by atoms with Gasteiger partial charge < -0.3 is 5.32 Å². The van der Waals surface area contributed by atoms with E-state index in [1.165, 1.54) is 0 Å². The van der Waals surface area contributed by atoms with Crippen LogP contribution in [0.5, 0.6) is 0 Å². The Morgan fingerprint density at radius 1 is 1.04 bits per heavy atom. The standard InChI is InChI=1S/C19H20N4O/c24-19(9-8-16-5-3-10-20-13-16)21-14-17-6-1-2-7-18(17)15-23-12-4-11-22-23/h1-7,10-13H,8-9,14-15H2,(H,21,24). The largest absolute Gasteiger partial charge is 0.352 e. The van der Waals surface area contributed by atoms with Crippen molar-refractivity contribution in [1.82, 2.24) is 20.1 Å². The zero-order chi connectivity index (χ0) is 16.6. The minimum Gasteiger partial charge on any atom is -0.352 e. The van der Waals surface area contributed by atoms with Gasteiger partial charge in [-0.3, -0.25) is 14.5 Å². The molecule has 0 spiro atoms. The quantitative estimate of drug-likeness (QED) is 0.728. The molecule has 1 N–H and O–H groups in total. The van der Waals surface area contributed by atoms with Crippen molar-refractivity contribution in [2.24, 2.45) is 0 Å². The third-order valence-electron chi connectivity index (χ3n) is 3.85. The van der Waals surface area contributed by atoms with E-state index in [0.29, 0.717) is 25.9 Å². The van der Waals surface area contributed by atoms with Gasteiger partial charge in [-0.15, -0.1) is 0 Å². The molecule has 5 nitrogen and oxygen atoms in total. The first kappa shape index (κ1) is 15.9. The zero-order valence-corrected chi connectivity index (χ0v) is 13.4. The Balaban J connectivity index is 1.53. The second-order valence-electron chi connectivity index (χ2n) is 5.61. The van der Waals surface area contributed by atoms with Gasteiger partial charge in [0.05, 0.1) is 6.54 Å². The molecular weight excluding hydrogens is 300 g/mol. The molecule has 3 rings (SSSR count). The summed E-state index contributed by atoms with van der Waals surface area (Å²) in [4.78, 5) is 16.1. The van der Waals surface area contributed by atoms with Gasteiger partial charge in [-0.25, -0.2) is 0 Å². The second-order valence-corrected chi connectivity index (χ2v) is 5.61. The van der Waals surface area contributed by atoms with Gasteiger partial charge in [0.2, 0.25) is 5.91 Å². The summed E-state index contributed by atoms with van der Waals surface area (Å²) in [6.07, 6.45) is 8.40. The summed E-state index contributed by atoms with van der Waals surface area (Å²) < 4.78 is 1.88. The van der Waals surface area contributed by atoms with Gasteiger partial charge in [-0.1, -0.05) is 30.3 Å². The van der Waals surface area contributed by atoms with Gasteiger partial charge in [-0.05, 0) is 35.2 Å². The first-order valence-electron chi connectivity index (χ1n) is 8.01. The molecule has 2 heterocycles. The van der Waals surface area contributed by atoms with Crippen LogP contribution in [0, 0.1) is 0 Å². The van der Waals surface area contributed by atoms with Crippen molar-refractivity contribution in [1.29, 1.82) is 0 Å². The van der Waals surface area contributed by atoms with Gasteiger partial charge in [0.15, 0.2) is 0 Å². The van der Waals surface area contributed by atoms with Crippen molar-refractivity contribution in [2.45, 2.75) is 25.9 Å². The van der Waals surface area contributed by atoms with Crippen LogP contribution in [-0.4, -0.2) is 20.7 Å². The number of hydrogen-bond donors (Lipinski definition) is 1. The fourth-order valence-corrected chi connectivity index (χ4v) is 2.54. The van der Waals surface area contributed by atoms with Gasteiger partial charge in [-0.2, -0.15) is 5.10 Å².